The largest absolute Gasteiger partial charge is 0.337 e. The van der Waals surface area contributed by atoms with Gasteiger partial charge >= 0.3 is 0 Å². The van der Waals surface area contributed by atoms with Gasteiger partial charge in [0.15, 0.2) is 0 Å². The highest BCUT2D eigenvalue weighted by Gasteiger charge is 2.27. The molecule has 2 aromatic heterocycles. The van der Waals surface area contributed by atoms with Crippen molar-refractivity contribution < 1.29 is 0 Å². The zero-order valence-corrected chi connectivity index (χ0v) is 14.7. The number of aryl methyl sites for hydroxylation is 1. The summed E-state index contributed by atoms with van der Waals surface area (Å²) in [5.41, 5.74) is 1.43. The molecule has 1 aliphatic rings. The number of piperazine rings is 1. The van der Waals surface area contributed by atoms with Gasteiger partial charge in [-0.05, 0) is 22.4 Å². The maximum absolute atomic E-state index is 4.57. The predicted molar refractivity (Wildman–Crippen MR) is 98.3 cm³/mol. The number of benzene rings is 1. The lowest BCUT2D eigenvalue weighted by molar-refractivity contribution is 0.145. The van der Waals surface area contributed by atoms with Crippen LogP contribution in [0.15, 0.2) is 42.0 Å². The quantitative estimate of drug-likeness (QED) is 0.789. The van der Waals surface area contributed by atoms with Crippen LogP contribution in [-0.2, 0) is 13.6 Å². The van der Waals surface area contributed by atoms with E-state index in [-0.39, 0.29) is 12.4 Å². The molecule has 1 aliphatic heterocycles. The van der Waals surface area contributed by atoms with E-state index in [0.29, 0.717) is 6.04 Å². The van der Waals surface area contributed by atoms with E-state index in [9.17, 15) is 0 Å². The maximum Gasteiger partial charge on any atom is 0.127 e. The lowest BCUT2D eigenvalue weighted by Crippen LogP contribution is -2.46. The third kappa shape index (κ3) is 3.15. The summed E-state index contributed by atoms with van der Waals surface area (Å²) in [5.74, 6) is 1.15. The molecule has 4 nitrogen and oxygen atoms in total. The number of hydrogen-bond acceptors (Lipinski definition) is 4. The Morgan fingerprint density at radius 3 is 3.04 bits per heavy atom. The number of nitrogens with one attached hydrogen (secondary N) is 1. The van der Waals surface area contributed by atoms with Crippen molar-refractivity contribution in [2.45, 2.75) is 12.6 Å². The Bertz CT molecular complexity index is 782. The van der Waals surface area contributed by atoms with Gasteiger partial charge in [0.2, 0.25) is 0 Å². The van der Waals surface area contributed by atoms with E-state index in [1.54, 1.807) is 0 Å². The molecule has 0 amide bonds. The number of aromatic nitrogens is 2. The average Bonchev–Trinajstić information content (AvgIpc) is 3.15. The monoisotopic (exact) mass is 348 g/mol. The molecule has 0 saturated carbocycles. The summed E-state index contributed by atoms with van der Waals surface area (Å²) in [5, 5.41) is 7.21. The lowest BCUT2D eigenvalue weighted by Gasteiger charge is -2.35. The first-order valence-corrected chi connectivity index (χ1v) is 8.58. The minimum atomic E-state index is 0. The number of rotatable bonds is 3. The van der Waals surface area contributed by atoms with Crippen molar-refractivity contribution in [2.75, 3.05) is 19.6 Å². The Kier molecular flexibility index (Phi) is 5.02. The third-order valence-corrected chi connectivity index (χ3v) is 5.46. The molecular weight excluding hydrogens is 328 g/mol. The van der Waals surface area contributed by atoms with Crippen LogP contribution in [0.25, 0.3) is 10.1 Å². The standard InChI is InChI=1S/C17H20N4S.ClH/c1-20-8-7-19-17(20)15-10-18-6-9-21(15)11-13-12-22-16-5-3-2-4-14(13)16;/h2-5,7-8,12,15,18H,6,9-11H2,1H3;1H. The highest BCUT2D eigenvalue weighted by Crippen LogP contribution is 2.29. The van der Waals surface area contributed by atoms with E-state index in [1.165, 1.54) is 15.6 Å². The molecule has 1 N–H and O–H groups in total. The molecule has 6 heteroatoms. The van der Waals surface area contributed by atoms with Gasteiger partial charge in [-0.15, -0.1) is 23.7 Å². The number of thiophene rings is 1. The fourth-order valence-electron chi connectivity index (χ4n) is 3.26. The SMILES string of the molecule is Cl.Cn1ccnc1C1CNCCN1Cc1csc2ccccc12. The van der Waals surface area contributed by atoms with Gasteiger partial charge in [0.1, 0.15) is 5.82 Å². The zero-order chi connectivity index (χ0) is 14.9. The number of imidazole rings is 1. The van der Waals surface area contributed by atoms with Crippen molar-refractivity contribution in [3.05, 3.63) is 53.4 Å². The highest BCUT2D eigenvalue weighted by molar-refractivity contribution is 7.17. The third-order valence-electron chi connectivity index (χ3n) is 4.45. The van der Waals surface area contributed by atoms with Crippen LogP contribution in [0.5, 0.6) is 0 Å². The van der Waals surface area contributed by atoms with E-state index in [0.717, 1.165) is 32.0 Å². The molecule has 3 aromatic rings. The molecule has 0 aliphatic carbocycles. The Labute approximate surface area is 146 Å². The second-order valence-corrected chi connectivity index (χ2v) is 6.76. The van der Waals surface area contributed by atoms with Crippen molar-refractivity contribution in [1.29, 1.82) is 0 Å². The van der Waals surface area contributed by atoms with Crippen LogP contribution < -0.4 is 5.32 Å². The number of fused-ring (bicyclic) bond motifs is 1. The summed E-state index contributed by atoms with van der Waals surface area (Å²) >= 11 is 1.84. The van der Waals surface area contributed by atoms with Crippen LogP contribution in [0.1, 0.15) is 17.4 Å². The Balaban J connectivity index is 0.00000156. The molecule has 1 atom stereocenters. The first-order chi connectivity index (χ1) is 10.8. The van der Waals surface area contributed by atoms with E-state index >= 15 is 0 Å². The maximum atomic E-state index is 4.57. The topological polar surface area (TPSA) is 33.1 Å². The lowest BCUT2D eigenvalue weighted by atomic mass is 10.1. The van der Waals surface area contributed by atoms with Gasteiger partial charge in [-0.1, -0.05) is 18.2 Å². The van der Waals surface area contributed by atoms with Crippen molar-refractivity contribution in [1.82, 2.24) is 19.8 Å². The Hall–Kier alpha value is -1.40. The molecule has 0 spiro atoms. The second-order valence-electron chi connectivity index (χ2n) is 5.84. The smallest absolute Gasteiger partial charge is 0.127 e. The minimum Gasteiger partial charge on any atom is -0.337 e. The fourth-order valence-corrected chi connectivity index (χ4v) is 4.22. The number of hydrogen-bond donors (Lipinski definition) is 1. The van der Waals surface area contributed by atoms with Crippen LogP contribution in [-0.4, -0.2) is 34.1 Å². The van der Waals surface area contributed by atoms with Gasteiger partial charge in [0, 0.05) is 50.3 Å². The first kappa shape index (κ1) is 16.5. The van der Waals surface area contributed by atoms with E-state index < -0.39 is 0 Å². The van der Waals surface area contributed by atoms with E-state index in [2.05, 4.69) is 56.5 Å². The van der Waals surface area contributed by atoms with E-state index in [4.69, 9.17) is 0 Å². The van der Waals surface area contributed by atoms with Gasteiger partial charge in [-0.2, -0.15) is 0 Å². The van der Waals surface area contributed by atoms with Crippen molar-refractivity contribution >= 4 is 33.8 Å². The molecule has 0 bridgehead atoms. The minimum absolute atomic E-state index is 0. The predicted octanol–water partition coefficient (Wildman–Crippen LogP) is 3.20. The molecule has 23 heavy (non-hydrogen) atoms. The molecule has 1 fully saturated rings. The molecule has 1 unspecified atom stereocenters. The average molecular weight is 349 g/mol. The summed E-state index contributed by atoms with van der Waals surface area (Å²) in [6.07, 6.45) is 3.92. The normalized spacial score (nSPS) is 18.9. The summed E-state index contributed by atoms with van der Waals surface area (Å²) < 4.78 is 3.51. The molecule has 3 heterocycles. The van der Waals surface area contributed by atoms with Crippen molar-refractivity contribution in [3.63, 3.8) is 0 Å². The summed E-state index contributed by atoms with van der Waals surface area (Å²) in [4.78, 5) is 7.11. The fraction of sp³-hybridized carbons (Fsp3) is 0.353. The van der Waals surface area contributed by atoms with Crippen molar-refractivity contribution in [2.24, 2.45) is 7.05 Å². The number of nitrogens with zero attached hydrogens (tertiary/aromatic N) is 3. The first-order valence-electron chi connectivity index (χ1n) is 7.70. The van der Waals surface area contributed by atoms with Crippen LogP contribution in [0.3, 0.4) is 0 Å². The Morgan fingerprint density at radius 1 is 1.35 bits per heavy atom. The van der Waals surface area contributed by atoms with E-state index in [1.807, 2.05) is 23.7 Å². The summed E-state index contributed by atoms with van der Waals surface area (Å²) in [7, 11) is 2.08. The van der Waals surface area contributed by atoms with Crippen LogP contribution >= 0.6 is 23.7 Å². The summed E-state index contributed by atoms with van der Waals surface area (Å²) in [6, 6.07) is 9.03. The molecule has 4 rings (SSSR count). The molecular formula is C17H21ClN4S. The Morgan fingerprint density at radius 2 is 2.22 bits per heavy atom. The molecule has 1 saturated heterocycles. The van der Waals surface area contributed by atoms with Crippen LogP contribution in [0, 0.1) is 0 Å². The van der Waals surface area contributed by atoms with Gasteiger partial charge in [0.05, 0.1) is 6.04 Å². The van der Waals surface area contributed by atoms with Gasteiger partial charge in [-0.25, -0.2) is 4.98 Å². The zero-order valence-electron chi connectivity index (χ0n) is 13.1. The highest BCUT2D eigenvalue weighted by atomic mass is 35.5. The van der Waals surface area contributed by atoms with Gasteiger partial charge in [0.25, 0.3) is 0 Å². The van der Waals surface area contributed by atoms with Crippen LogP contribution in [0.2, 0.25) is 0 Å². The van der Waals surface area contributed by atoms with Gasteiger partial charge in [-0.3, -0.25) is 4.90 Å². The van der Waals surface area contributed by atoms with Crippen LogP contribution in [0.4, 0.5) is 0 Å². The summed E-state index contributed by atoms with van der Waals surface area (Å²) in [6.45, 7) is 4.06. The number of halogens is 1. The van der Waals surface area contributed by atoms with Gasteiger partial charge < -0.3 is 9.88 Å². The second kappa shape index (κ2) is 7.01. The molecule has 0 radical (unpaired) electrons. The molecule has 1 aromatic carbocycles. The van der Waals surface area contributed by atoms with Crippen molar-refractivity contribution in [3.8, 4) is 0 Å². The molecule has 122 valence electrons.